The summed E-state index contributed by atoms with van der Waals surface area (Å²) in [6.07, 6.45) is 12.5. The van der Waals surface area contributed by atoms with E-state index in [1.54, 1.807) is 7.11 Å². The molecule has 0 amide bonds. The number of rotatable bonds is 11. The normalized spacial score (nSPS) is 23.8. The second-order valence-electron chi connectivity index (χ2n) is 16.2. The number of nitrogens with zero attached hydrogens (tertiary/aromatic N) is 1. The first-order valence-corrected chi connectivity index (χ1v) is 20.1. The lowest BCUT2D eigenvalue weighted by atomic mass is 9.72. The van der Waals surface area contributed by atoms with E-state index in [0.29, 0.717) is 42.6 Å². The van der Waals surface area contributed by atoms with Crippen molar-refractivity contribution in [1.82, 2.24) is 0 Å². The summed E-state index contributed by atoms with van der Waals surface area (Å²) in [6, 6.07) is 11.9. The van der Waals surface area contributed by atoms with E-state index >= 15 is 0 Å². The number of methoxy groups -OCH3 is 1. The molecule has 0 radical (unpaired) electrons. The molecule has 6 atom stereocenters. The molecule has 9 nitrogen and oxygen atoms in total. The summed E-state index contributed by atoms with van der Waals surface area (Å²) in [6.45, 7) is 7.12. The van der Waals surface area contributed by atoms with Gasteiger partial charge in [-0.15, -0.1) is 0 Å². The molecule has 288 valence electrons. The van der Waals surface area contributed by atoms with Gasteiger partial charge in [-0.25, -0.2) is 0 Å². The Balaban J connectivity index is 1.25. The number of phenolic OH excluding ortho intramolecular Hbond substituents is 1. The zero-order valence-corrected chi connectivity index (χ0v) is 32.3. The average Bonchev–Trinajstić information content (AvgIpc) is 3.23. The summed E-state index contributed by atoms with van der Waals surface area (Å²) < 4.78 is 25.8. The summed E-state index contributed by atoms with van der Waals surface area (Å²) in [5.41, 5.74) is 18.6. The number of benzene rings is 3. The number of fused-ring (bicyclic) bond motifs is 7. The van der Waals surface area contributed by atoms with Crippen LogP contribution in [0, 0.1) is 29.8 Å². The van der Waals surface area contributed by atoms with E-state index in [0.717, 1.165) is 109 Å². The number of hydrogen-bond acceptors (Lipinski definition) is 7. The third-order valence-electron chi connectivity index (χ3n) is 11.9. The number of phenols is 1. The lowest BCUT2D eigenvalue weighted by molar-refractivity contribution is 0.0189. The van der Waals surface area contributed by atoms with Crippen LogP contribution in [0.4, 0.5) is 0 Å². The molecule has 1 fully saturated rings. The SMILES string of the molecule is CCCCC[C@H]1Cc2cc(O)c(CC(C)C)cc2-c2c(OC)cc3c(c21)C[C@@H](O)[C@H](c1ccc2c(c1)O[C@H]1[C@@H](CCN=C(N)N)CCC[C@@H]1CC#CO2)O3. The maximum absolute atomic E-state index is 12.0. The van der Waals surface area contributed by atoms with Crippen LogP contribution in [0.3, 0.4) is 0 Å². The minimum absolute atomic E-state index is 0.0675. The molecule has 1 saturated carbocycles. The average molecular weight is 736 g/mol. The van der Waals surface area contributed by atoms with Gasteiger partial charge in [-0.3, -0.25) is 4.99 Å². The van der Waals surface area contributed by atoms with Gasteiger partial charge in [0.1, 0.15) is 35.6 Å². The Hall–Kier alpha value is -4.55. The smallest absolute Gasteiger partial charge is 0.185 e. The second kappa shape index (κ2) is 16.4. The van der Waals surface area contributed by atoms with Crippen molar-refractivity contribution in [1.29, 1.82) is 0 Å². The van der Waals surface area contributed by atoms with Gasteiger partial charge in [0.25, 0.3) is 0 Å². The zero-order chi connectivity index (χ0) is 37.9. The maximum atomic E-state index is 12.0. The fourth-order valence-corrected chi connectivity index (χ4v) is 9.38. The van der Waals surface area contributed by atoms with Crippen molar-refractivity contribution in [3.8, 4) is 51.9 Å². The summed E-state index contributed by atoms with van der Waals surface area (Å²) in [5.74, 6) is 7.48. The molecule has 2 heterocycles. The van der Waals surface area contributed by atoms with Crippen LogP contribution in [-0.4, -0.2) is 42.0 Å². The highest BCUT2D eigenvalue weighted by molar-refractivity contribution is 5.83. The Bertz CT molecular complexity index is 1920. The third-order valence-corrected chi connectivity index (χ3v) is 11.9. The summed E-state index contributed by atoms with van der Waals surface area (Å²) in [4.78, 5) is 4.25. The highest BCUT2D eigenvalue weighted by atomic mass is 16.5. The predicted octanol–water partition coefficient (Wildman–Crippen LogP) is 8.09. The quantitative estimate of drug-likeness (QED) is 0.0670. The number of aliphatic imine (C=N–C) groups is 1. The number of aliphatic hydroxyl groups is 1. The highest BCUT2D eigenvalue weighted by Crippen LogP contribution is 2.54. The highest BCUT2D eigenvalue weighted by Gasteiger charge is 2.40. The fraction of sp³-hybridized carbons (Fsp3) is 0.533. The Kier molecular flexibility index (Phi) is 11.5. The van der Waals surface area contributed by atoms with Gasteiger partial charge in [-0.1, -0.05) is 58.4 Å². The van der Waals surface area contributed by atoms with Gasteiger partial charge in [0, 0.05) is 42.5 Å². The topological polar surface area (TPSA) is 142 Å². The Morgan fingerprint density at radius 3 is 2.65 bits per heavy atom. The molecule has 3 aromatic carbocycles. The predicted molar refractivity (Wildman–Crippen MR) is 212 cm³/mol. The van der Waals surface area contributed by atoms with E-state index in [2.05, 4.69) is 43.9 Å². The Labute approximate surface area is 320 Å². The lowest BCUT2D eigenvalue weighted by Gasteiger charge is -2.38. The van der Waals surface area contributed by atoms with Crippen molar-refractivity contribution in [3.05, 3.63) is 64.2 Å². The van der Waals surface area contributed by atoms with E-state index in [4.69, 9.17) is 30.4 Å². The van der Waals surface area contributed by atoms with E-state index < -0.39 is 12.2 Å². The number of nitrogens with two attached hydrogens (primary N) is 2. The van der Waals surface area contributed by atoms with Gasteiger partial charge in [0.05, 0.1) is 13.2 Å². The lowest BCUT2D eigenvalue weighted by Crippen LogP contribution is -2.38. The second-order valence-corrected chi connectivity index (χ2v) is 16.2. The molecule has 3 aromatic rings. The van der Waals surface area contributed by atoms with Crippen LogP contribution in [0.15, 0.2) is 41.4 Å². The van der Waals surface area contributed by atoms with Crippen molar-refractivity contribution < 1.29 is 29.2 Å². The molecule has 0 aromatic heterocycles. The van der Waals surface area contributed by atoms with Gasteiger partial charge in [-0.05, 0) is 108 Å². The number of ether oxygens (including phenoxy) is 4. The summed E-state index contributed by atoms with van der Waals surface area (Å²) in [7, 11) is 1.72. The van der Waals surface area contributed by atoms with Gasteiger partial charge in [0.2, 0.25) is 0 Å². The van der Waals surface area contributed by atoms with E-state index in [1.807, 2.05) is 30.3 Å². The van der Waals surface area contributed by atoms with Crippen molar-refractivity contribution in [3.63, 3.8) is 0 Å². The van der Waals surface area contributed by atoms with Crippen LogP contribution in [0.5, 0.6) is 28.7 Å². The van der Waals surface area contributed by atoms with Crippen LogP contribution in [-0.2, 0) is 19.3 Å². The minimum Gasteiger partial charge on any atom is -0.508 e. The minimum atomic E-state index is -0.797. The first kappa shape index (κ1) is 37.8. The molecule has 0 spiro atoms. The van der Waals surface area contributed by atoms with Crippen LogP contribution >= 0.6 is 0 Å². The first-order valence-electron chi connectivity index (χ1n) is 20.1. The Morgan fingerprint density at radius 2 is 1.87 bits per heavy atom. The third kappa shape index (κ3) is 7.82. The molecule has 7 rings (SSSR count). The van der Waals surface area contributed by atoms with Crippen LogP contribution < -0.4 is 30.4 Å². The monoisotopic (exact) mass is 735 g/mol. The maximum Gasteiger partial charge on any atom is 0.185 e. The van der Waals surface area contributed by atoms with Crippen molar-refractivity contribution >= 4 is 5.96 Å². The molecule has 54 heavy (non-hydrogen) atoms. The molecule has 4 aliphatic rings. The number of aromatic hydroxyl groups is 1. The molecule has 0 bridgehead atoms. The van der Waals surface area contributed by atoms with Gasteiger partial charge in [-0.2, -0.15) is 0 Å². The number of unbranched alkanes of at least 4 members (excludes halogenated alkanes) is 2. The molecule has 6 N–H and O–H groups in total. The fourth-order valence-electron chi connectivity index (χ4n) is 9.38. The van der Waals surface area contributed by atoms with Crippen LogP contribution in [0.1, 0.15) is 118 Å². The molecular formula is C45H57N3O6. The van der Waals surface area contributed by atoms with Gasteiger partial charge >= 0.3 is 0 Å². The van der Waals surface area contributed by atoms with Crippen LogP contribution in [0.25, 0.3) is 11.1 Å². The van der Waals surface area contributed by atoms with E-state index in [1.165, 1.54) is 5.56 Å². The zero-order valence-electron chi connectivity index (χ0n) is 32.3. The van der Waals surface area contributed by atoms with Crippen molar-refractivity contribution in [2.45, 2.75) is 122 Å². The van der Waals surface area contributed by atoms with Crippen molar-refractivity contribution in [2.75, 3.05) is 13.7 Å². The molecule has 9 heteroatoms. The number of guanidine groups is 1. The van der Waals surface area contributed by atoms with Gasteiger partial charge in [0.15, 0.2) is 17.5 Å². The van der Waals surface area contributed by atoms with Gasteiger partial charge < -0.3 is 40.6 Å². The van der Waals surface area contributed by atoms with E-state index in [9.17, 15) is 10.2 Å². The first-order chi connectivity index (χ1) is 26.1. The summed E-state index contributed by atoms with van der Waals surface area (Å²) >= 11 is 0. The molecule has 2 aliphatic carbocycles. The number of aliphatic hydroxyl groups excluding tert-OH is 1. The summed E-state index contributed by atoms with van der Waals surface area (Å²) in [5, 5.41) is 23.1. The van der Waals surface area contributed by atoms with Crippen LogP contribution in [0.2, 0.25) is 0 Å². The molecular weight excluding hydrogens is 679 g/mol. The number of hydrogen-bond donors (Lipinski definition) is 4. The van der Waals surface area contributed by atoms with E-state index in [-0.39, 0.29) is 29.8 Å². The largest absolute Gasteiger partial charge is 0.508 e. The molecule has 0 saturated heterocycles. The standard InChI is InChI=1S/C45H57N3O6/c1-5-6-7-10-29-20-31-22-35(49)32(19-26(2)3)21-33(31)42-40(51-4)25-38-34(41(29)42)24-36(50)44(53-38)30-14-15-37-39(23-30)54-43-27(13-9-18-52-37)11-8-12-28(43)16-17-48-45(46)47/h14-15,21-23,25-29,36,43-44,49-50H,5-8,10-13,16-17,19-20,24H2,1-4H3,(H4,46,47,48)/t27-,28-,29+,36-,43-,44+/m1/s1. The Morgan fingerprint density at radius 1 is 1.02 bits per heavy atom. The van der Waals surface area contributed by atoms with Crippen molar-refractivity contribution in [2.24, 2.45) is 34.2 Å². The molecule has 0 unspecified atom stereocenters. The molecule has 2 aliphatic heterocycles.